The maximum atomic E-state index is 12.1. The zero-order valence-corrected chi connectivity index (χ0v) is 12.1. The Morgan fingerprint density at radius 3 is 2.22 bits per heavy atom. The first-order valence-electron chi connectivity index (χ1n) is 6.20. The molecule has 4 nitrogen and oxygen atoms in total. The van der Waals surface area contributed by atoms with Crippen LogP contribution in [0.15, 0.2) is 24.3 Å². The molecule has 18 heavy (non-hydrogen) atoms. The molecule has 2 N–H and O–H groups in total. The van der Waals surface area contributed by atoms with Gasteiger partial charge in [-0.15, -0.1) is 0 Å². The number of nitrogen functional groups attached to an aromatic ring is 1. The van der Waals surface area contributed by atoms with Gasteiger partial charge in [0.15, 0.2) is 0 Å². The molecule has 0 unspecified atom stereocenters. The SMILES string of the molecule is CCCS(=O)(=O)N(Cc1ccc(N)cc1)C(C)C. The van der Waals surface area contributed by atoms with E-state index in [0.717, 1.165) is 5.56 Å². The van der Waals surface area contributed by atoms with Crippen LogP contribution in [0.2, 0.25) is 0 Å². The Balaban J connectivity index is 2.91. The molecule has 0 aromatic heterocycles. The molecule has 5 heteroatoms. The van der Waals surface area contributed by atoms with Gasteiger partial charge in [0.25, 0.3) is 0 Å². The number of hydrogen-bond acceptors (Lipinski definition) is 3. The molecule has 0 aliphatic heterocycles. The van der Waals surface area contributed by atoms with E-state index in [1.54, 1.807) is 16.4 Å². The van der Waals surface area contributed by atoms with E-state index >= 15 is 0 Å². The summed E-state index contributed by atoms with van der Waals surface area (Å²) >= 11 is 0. The van der Waals surface area contributed by atoms with Crippen molar-refractivity contribution < 1.29 is 8.42 Å². The molecule has 0 bridgehead atoms. The Bertz CT molecular complexity index is 466. The lowest BCUT2D eigenvalue weighted by molar-refractivity contribution is 0.348. The monoisotopic (exact) mass is 270 g/mol. The molecule has 1 rings (SSSR count). The third-order valence-electron chi connectivity index (χ3n) is 2.71. The van der Waals surface area contributed by atoms with Gasteiger partial charge in [0.05, 0.1) is 5.75 Å². The standard InChI is InChI=1S/C13H22N2O2S/c1-4-9-18(16,17)15(11(2)3)10-12-5-7-13(14)8-6-12/h5-8,11H,4,9-10,14H2,1-3H3. The van der Waals surface area contributed by atoms with Crippen LogP contribution in [-0.4, -0.2) is 24.5 Å². The van der Waals surface area contributed by atoms with Crippen molar-refractivity contribution in [1.82, 2.24) is 4.31 Å². The summed E-state index contributed by atoms with van der Waals surface area (Å²) in [5.74, 6) is 0.195. The largest absolute Gasteiger partial charge is 0.399 e. The maximum Gasteiger partial charge on any atom is 0.214 e. The normalized spacial score (nSPS) is 12.3. The van der Waals surface area contributed by atoms with Crippen LogP contribution in [0, 0.1) is 0 Å². The summed E-state index contributed by atoms with van der Waals surface area (Å²) in [6.07, 6.45) is 0.632. The predicted molar refractivity (Wildman–Crippen MR) is 75.6 cm³/mol. The summed E-state index contributed by atoms with van der Waals surface area (Å²) < 4.78 is 25.8. The van der Waals surface area contributed by atoms with Gasteiger partial charge in [-0.3, -0.25) is 0 Å². The molecule has 0 amide bonds. The number of sulfonamides is 1. The highest BCUT2D eigenvalue weighted by Gasteiger charge is 2.23. The first kappa shape index (κ1) is 15.0. The van der Waals surface area contributed by atoms with Gasteiger partial charge in [-0.2, -0.15) is 4.31 Å². The van der Waals surface area contributed by atoms with Crippen LogP contribution >= 0.6 is 0 Å². The molecule has 102 valence electrons. The van der Waals surface area contributed by atoms with Crippen LogP contribution in [0.5, 0.6) is 0 Å². The molecule has 0 saturated heterocycles. The van der Waals surface area contributed by atoms with Gasteiger partial charge in [-0.25, -0.2) is 8.42 Å². The van der Waals surface area contributed by atoms with Crippen molar-refractivity contribution in [2.45, 2.75) is 39.8 Å². The van der Waals surface area contributed by atoms with Crippen LogP contribution in [0.3, 0.4) is 0 Å². The van der Waals surface area contributed by atoms with Crippen LogP contribution in [-0.2, 0) is 16.6 Å². The van der Waals surface area contributed by atoms with Gasteiger partial charge in [0, 0.05) is 18.3 Å². The van der Waals surface area contributed by atoms with Gasteiger partial charge in [-0.1, -0.05) is 19.1 Å². The van der Waals surface area contributed by atoms with Gasteiger partial charge in [-0.05, 0) is 38.0 Å². The zero-order chi connectivity index (χ0) is 13.8. The Hall–Kier alpha value is -1.07. The Morgan fingerprint density at radius 1 is 1.22 bits per heavy atom. The van der Waals surface area contributed by atoms with Crippen molar-refractivity contribution in [3.8, 4) is 0 Å². The average molecular weight is 270 g/mol. The maximum absolute atomic E-state index is 12.1. The third kappa shape index (κ3) is 3.99. The second-order valence-electron chi connectivity index (χ2n) is 4.70. The lowest BCUT2D eigenvalue weighted by Gasteiger charge is -2.25. The highest BCUT2D eigenvalue weighted by molar-refractivity contribution is 7.89. The van der Waals surface area contributed by atoms with E-state index in [2.05, 4.69) is 0 Å². The lowest BCUT2D eigenvalue weighted by Crippen LogP contribution is -2.37. The lowest BCUT2D eigenvalue weighted by atomic mass is 10.2. The minimum absolute atomic E-state index is 0.0425. The minimum atomic E-state index is -3.18. The van der Waals surface area contributed by atoms with Gasteiger partial charge >= 0.3 is 0 Å². The van der Waals surface area contributed by atoms with Crippen molar-refractivity contribution in [2.24, 2.45) is 0 Å². The summed E-state index contributed by atoms with van der Waals surface area (Å²) in [6, 6.07) is 7.28. The molecule has 0 radical (unpaired) electrons. The van der Waals surface area contributed by atoms with E-state index in [0.29, 0.717) is 18.7 Å². The number of anilines is 1. The fourth-order valence-corrected chi connectivity index (χ4v) is 3.52. The fraction of sp³-hybridized carbons (Fsp3) is 0.538. The van der Waals surface area contributed by atoms with Crippen molar-refractivity contribution in [2.75, 3.05) is 11.5 Å². The predicted octanol–water partition coefficient (Wildman–Crippen LogP) is 2.22. The summed E-state index contributed by atoms with van der Waals surface area (Å²) in [5.41, 5.74) is 7.26. The van der Waals surface area contributed by atoms with Crippen LogP contribution in [0.4, 0.5) is 5.69 Å². The molecule has 1 aromatic rings. The summed E-state index contributed by atoms with van der Waals surface area (Å²) in [5, 5.41) is 0. The fourth-order valence-electron chi connectivity index (χ4n) is 1.78. The molecule has 0 heterocycles. The molecular weight excluding hydrogens is 248 g/mol. The number of benzene rings is 1. The molecule has 0 spiro atoms. The van der Waals surface area contributed by atoms with Crippen LogP contribution in [0.25, 0.3) is 0 Å². The van der Waals surface area contributed by atoms with E-state index in [1.165, 1.54) is 0 Å². The van der Waals surface area contributed by atoms with Gasteiger partial charge in [0.1, 0.15) is 0 Å². The second kappa shape index (κ2) is 6.20. The topological polar surface area (TPSA) is 63.4 Å². The molecule has 0 atom stereocenters. The smallest absolute Gasteiger partial charge is 0.214 e. The first-order valence-corrected chi connectivity index (χ1v) is 7.81. The summed E-state index contributed by atoms with van der Waals surface area (Å²) in [6.45, 7) is 6.06. The number of nitrogens with zero attached hydrogens (tertiary/aromatic N) is 1. The van der Waals surface area contributed by atoms with E-state index in [-0.39, 0.29) is 11.8 Å². The third-order valence-corrected chi connectivity index (χ3v) is 4.90. The van der Waals surface area contributed by atoms with Crippen LogP contribution < -0.4 is 5.73 Å². The Kier molecular flexibility index (Phi) is 5.16. The first-order chi connectivity index (χ1) is 8.36. The molecule has 1 aromatic carbocycles. The second-order valence-corrected chi connectivity index (χ2v) is 6.74. The number of nitrogens with two attached hydrogens (primary N) is 1. The van der Waals surface area contributed by atoms with Gasteiger partial charge in [0.2, 0.25) is 10.0 Å². The highest BCUT2D eigenvalue weighted by atomic mass is 32.2. The number of hydrogen-bond donors (Lipinski definition) is 1. The van der Waals surface area contributed by atoms with Crippen molar-refractivity contribution in [3.63, 3.8) is 0 Å². The number of rotatable bonds is 6. The molecule has 0 saturated carbocycles. The van der Waals surface area contributed by atoms with Gasteiger partial charge < -0.3 is 5.73 Å². The highest BCUT2D eigenvalue weighted by Crippen LogP contribution is 2.15. The zero-order valence-electron chi connectivity index (χ0n) is 11.3. The minimum Gasteiger partial charge on any atom is -0.399 e. The average Bonchev–Trinajstić information content (AvgIpc) is 2.27. The van der Waals surface area contributed by atoms with Crippen molar-refractivity contribution in [3.05, 3.63) is 29.8 Å². The van der Waals surface area contributed by atoms with Crippen molar-refractivity contribution in [1.29, 1.82) is 0 Å². The Labute approximate surface area is 110 Å². The van der Waals surface area contributed by atoms with Crippen LogP contribution in [0.1, 0.15) is 32.8 Å². The van der Waals surface area contributed by atoms with E-state index < -0.39 is 10.0 Å². The summed E-state index contributed by atoms with van der Waals surface area (Å²) in [4.78, 5) is 0. The molecule has 0 aliphatic rings. The molecule has 0 aliphatic carbocycles. The quantitative estimate of drug-likeness (QED) is 0.806. The van der Waals surface area contributed by atoms with E-state index in [4.69, 9.17) is 5.73 Å². The van der Waals surface area contributed by atoms with E-state index in [1.807, 2.05) is 32.9 Å². The van der Waals surface area contributed by atoms with Crippen molar-refractivity contribution >= 4 is 15.7 Å². The summed E-state index contributed by atoms with van der Waals surface area (Å²) in [7, 11) is -3.18. The Morgan fingerprint density at radius 2 is 1.78 bits per heavy atom. The molecule has 0 fully saturated rings. The van der Waals surface area contributed by atoms with E-state index in [9.17, 15) is 8.42 Å². The molecular formula is C13H22N2O2S.